The number of hydrogen-bond donors (Lipinski definition) is 1. The molecule has 1 aliphatic heterocycles. The lowest BCUT2D eigenvalue weighted by Crippen LogP contribution is -2.44. The molecule has 5 rings (SSSR count). The Bertz CT molecular complexity index is 1250. The molecule has 0 radical (unpaired) electrons. The average Bonchev–Trinajstić information content (AvgIpc) is 3.23. The smallest absolute Gasteiger partial charge is 0.261 e. The van der Waals surface area contributed by atoms with Gasteiger partial charge in [-0.2, -0.15) is 0 Å². The minimum Gasteiger partial charge on any atom is -0.349 e. The van der Waals surface area contributed by atoms with Crippen molar-refractivity contribution < 1.29 is 4.79 Å². The van der Waals surface area contributed by atoms with E-state index in [0.29, 0.717) is 10.0 Å². The number of fused-ring (bicyclic) bond motifs is 3. The molecule has 1 fully saturated rings. The molecule has 1 saturated heterocycles. The molecule has 0 spiro atoms. The summed E-state index contributed by atoms with van der Waals surface area (Å²) < 4.78 is 1.03. The highest BCUT2D eigenvalue weighted by molar-refractivity contribution is 7.21. The summed E-state index contributed by atoms with van der Waals surface area (Å²) in [5.74, 6) is -0.0143. The van der Waals surface area contributed by atoms with Gasteiger partial charge < -0.3 is 5.32 Å². The number of carbonyl (C=O) groups excluding carboxylic acids is 1. The first kappa shape index (κ1) is 20.4. The van der Waals surface area contributed by atoms with Gasteiger partial charge in [0, 0.05) is 41.1 Å². The fourth-order valence-corrected chi connectivity index (χ4v) is 5.67. The van der Waals surface area contributed by atoms with E-state index in [-0.39, 0.29) is 11.9 Å². The van der Waals surface area contributed by atoms with E-state index >= 15 is 0 Å². The summed E-state index contributed by atoms with van der Waals surface area (Å²) in [6, 6.07) is 18.8. The second kappa shape index (κ2) is 8.58. The molecule has 3 heterocycles. The molecule has 0 aliphatic carbocycles. The average molecular weight is 450 g/mol. The van der Waals surface area contributed by atoms with Gasteiger partial charge in [-0.05, 0) is 43.5 Å². The van der Waals surface area contributed by atoms with Crippen molar-refractivity contribution in [2.75, 3.05) is 13.1 Å². The molecule has 0 atom stereocenters. The molecule has 1 aliphatic rings. The van der Waals surface area contributed by atoms with Crippen molar-refractivity contribution in [3.05, 3.63) is 75.8 Å². The molecule has 31 heavy (non-hydrogen) atoms. The quantitative estimate of drug-likeness (QED) is 0.400. The highest BCUT2D eigenvalue weighted by Gasteiger charge is 2.23. The van der Waals surface area contributed by atoms with Gasteiger partial charge in [0.2, 0.25) is 0 Å². The zero-order chi connectivity index (χ0) is 21.4. The highest BCUT2D eigenvalue weighted by atomic mass is 35.5. The summed E-state index contributed by atoms with van der Waals surface area (Å²) in [7, 11) is 0. The topological polar surface area (TPSA) is 45.2 Å². The second-order valence-corrected chi connectivity index (χ2v) is 9.70. The van der Waals surface area contributed by atoms with Gasteiger partial charge in [-0.3, -0.25) is 9.69 Å². The van der Waals surface area contributed by atoms with Crippen LogP contribution in [0.25, 0.3) is 21.0 Å². The number of halogens is 1. The lowest BCUT2D eigenvalue weighted by Gasteiger charge is -2.32. The Morgan fingerprint density at radius 3 is 2.68 bits per heavy atom. The molecule has 6 heteroatoms. The molecule has 1 N–H and O–H groups in total. The highest BCUT2D eigenvalue weighted by Crippen LogP contribution is 2.36. The number of aryl methyl sites for hydroxylation is 1. The monoisotopic (exact) mass is 449 g/mol. The fourth-order valence-electron chi connectivity index (χ4n) is 4.29. The minimum atomic E-state index is -0.0143. The van der Waals surface area contributed by atoms with Gasteiger partial charge in [-0.15, -0.1) is 11.3 Å². The number of thiophene rings is 1. The van der Waals surface area contributed by atoms with Crippen LogP contribution in [0.4, 0.5) is 0 Å². The summed E-state index contributed by atoms with van der Waals surface area (Å²) in [6.07, 6.45) is 1.93. The van der Waals surface area contributed by atoms with Crippen molar-refractivity contribution in [3.63, 3.8) is 0 Å². The predicted octanol–water partition coefficient (Wildman–Crippen LogP) is 5.81. The van der Waals surface area contributed by atoms with Gasteiger partial charge in [0.15, 0.2) is 0 Å². The van der Waals surface area contributed by atoms with Gasteiger partial charge >= 0.3 is 0 Å². The number of amides is 1. The maximum absolute atomic E-state index is 13.0. The molecule has 0 unspecified atom stereocenters. The van der Waals surface area contributed by atoms with Gasteiger partial charge in [-0.1, -0.05) is 53.6 Å². The lowest BCUT2D eigenvalue weighted by atomic mass is 10.0. The Morgan fingerprint density at radius 1 is 1.13 bits per heavy atom. The fraction of sp³-hybridized carbons (Fsp3) is 0.280. The Balaban J connectivity index is 1.28. The van der Waals surface area contributed by atoms with Crippen molar-refractivity contribution in [1.82, 2.24) is 15.2 Å². The first-order valence-corrected chi connectivity index (χ1v) is 11.8. The number of nitrogens with zero attached hydrogens (tertiary/aromatic N) is 2. The van der Waals surface area contributed by atoms with E-state index in [9.17, 15) is 4.79 Å². The van der Waals surface area contributed by atoms with E-state index in [1.165, 1.54) is 22.5 Å². The third-order valence-corrected chi connectivity index (χ3v) is 7.42. The van der Waals surface area contributed by atoms with Gasteiger partial charge in [0.25, 0.3) is 5.91 Å². The first-order chi connectivity index (χ1) is 15.1. The van der Waals surface area contributed by atoms with E-state index in [2.05, 4.69) is 52.5 Å². The molecular formula is C25H24ClN3OS. The minimum absolute atomic E-state index is 0.0143. The summed E-state index contributed by atoms with van der Waals surface area (Å²) in [4.78, 5) is 20.7. The number of aromatic nitrogens is 1. The molecule has 2 aromatic carbocycles. The van der Waals surface area contributed by atoms with Crippen LogP contribution in [0.2, 0.25) is 5.15 Å². The summed E-state index contributed by atoms with van der Waals surface area (Å²) in [6.45, 7) is 5.01. The van der Waals surface area contributed by atoms with Crippen molar-refractivity contribution in [1.29, 1.82) is 0 Å². The van der Waals surface area contributed by atoms with Gasteiger partial charge in [0.1, 0.15) is 5.15 Å². The number of piperidine rings is 1. The Kier molecular flexibility index (Phi) is 5.65. The first-order valence-electron chi connectivity index (χ1n) is 10.6. The number of carbonyl (C=O) groups is 1. The second-order valence-electron chi connectivity index (χ2n) is 8.29. The Labute approximate surface area is 190 Å². The zero-order valence-corrected chi connectivity index (χ0v) is 19.0. The molecule has 4 nitrogen and oxygen atoms in total. The molecule has 158 valence electrons. The number of rotatable bonds is 4. The SMILES string of the molecule is Cc1ccc2nc(Cl)c3cc(C(=O)NC4CCN(Cc5ccccc5)CC4)sc3c2c1. The lowest BCUT2D eigenvalue weighted by molar-refractivity contribution is 0.0913. The van der Waals surface area contributed by atoms with Crippen LogP contribution in [0.3, 0.4) is 0 Å². The number of likely N-dealkylation sites (tertiary alicyclic amines) is 1. The zero-order valence-electron chi connectivity index (χ0n) is 17.4. The largest absolute Gasteiger partial charge is 0.349 e. The third-order valence-electron chi connectivity index (χ3n) is 5.97. The van der Waals surface area contributed by atoms with E-state index in [1.807, 2.05) is 24.3 Å². The number of pyridine rings is 1. The molecule has 0 saturated carbocycles. The maximum Gasteiger partial charge on any atom is 0.261 e. The van der Waals surface area contributed by atoms with Crippen molar-refractivity contribution in [3.8, 4) is 0 Å². The van der Waals surface area contributed by atoms with E-state index < -0.39 is 0 Å². The van der Waals surface area contributed by atoms with Crippen LogP contribution in [0.1, 0.15) is 33.6 Å². The molecule has 4 aromatic rings. The van der Waals surface area contributed by atoms with Gasteiger partial charge in [0.05, 0.1) is 10.4 Å². The van der Waals surface area contributed by atoms with Crippen LogP contribution in [0.5, 0.6) is 0 Å². The van der Waals surface area contributed by atoms with Crippen LogP contribution in [-0.2, 0) is 6.54 Å². The van der Waals surface area contributed by atoms with Crippen LogP contribution in [-0.4, -0.2) is 34.9 Å². The number of benzene rings is 2. The van der Waals surface area contributed by atoms with Crippen LogP contribution in [0, 0.1) is 6.92 Å². The third kappa shape index (κ3) is 4.31. The summed E-state index contributed by atoms with van der Waals surface area (Å²) >= 11 is 7.93. The van der Waals surface area contributed by atoms with Crippen LogP contribution in [0.15, 0.2) is 54.6 Å². The molecule has 1 amide bonds. The normalized spacial score (nSPS) is 15.5. The van der Waals surface area contributed by atoms with Crippen molar-refractivity contribution in [2.45, 2.75) is 32.4 Å². The van der Waals surface area contributed by atoms with Gasteiger partial charge in [-0.25, -0.2) is 4.98 Å². The molecule has 2 aromatic heterocycles. The van der Waals surface area contributed by atoms with Crippen LogP contribution >= 0.6 is 22.9 Å². The Morgan fingerprint density at radius 2 is 1.90 bits per heavy atom. The van der Waals surface area contributed by atoms with E-state index in [4.69, 9.17) is 11.6 Å². The molecular weight excluding hydrogens is 426 g/mol. The Hall–Kier alpha value is -2.47. The van der Waals surface area contributed by atoms with Crippen molar-refractivity contribution >= 4 is 49.8 Å². The number of nitrogens with one attached hydrogen (secondary N) is 1. The predicted molar refractivity (Wildman–Crippen MR) is 129 cm³/mol. The molecule has 0 bridgehead atoms. The summed E-state index contributed by atoms with van der Waals surface area (Å²) in [5, 5.41) is 5.60. The standard InChI is InChI=1S/C25H24ClN3OS/c1-16-7-8-21-19(13-16)23-20(24(26)28-21)14-22(31-23)25(30)27-18-9-11-29(12-10-18)15-17-5-3-2-4-6-17/h2-8,13-14,18H,9-12,15H2,1H3,(H,27,30). The van der Waals surface area contributed by atoms with E-state index in [0.717, 1.165) is 53.5 Å². The number of hydrogen-bond acceptors (Lipinski definition) is 4. The van der Waals surface area contributed by atoms with Crippen molar-refractivity contribution in [2.24, 2.45) is 0 Å². The van der Waals surface area contributed by atoms with E-state index in [1.54, 1.807) is 0 Å². The van der Waals surface area contributed by atoms with Crippen LogP contribution < -0.4 is 5.32 Å². The summed E-state index contributed by atoms with van der Waals surface area (Å²) in [5.41, 5.74) is 3.37. The maximum atomic E-state index is 13.0.